The van der Waals surface area contributed by atoms with Crippen LogP contribution in [0.4, 0.5) is 9.59 Å². The number of ether oxygens (including phenoxy) is 4. The number of nitrogens with two attached hydrogens (primary N) is 1. The molecule has 2 N–H and O–H groups in total. The van der Waals surface area contributed by atoms with Gasteiger partial charge in [-0.15, -0.1) is 11.3 Å². The van der Waals surface area contributed by atoms with Gasteiger partial charge in [0.15, 0.2) is 8.38 Å². The van der Waals surface area contributed by atoms with Crippen molar-refractivity contribution in [3.8, 4) is 0 Å². The van der Waals surface area contributed by atoms with Crippen molar-refractivity contribution in [2.24, 2.45) is 5.73 Å². The van der Waals surface area contributed by atoms with Crippen LogP contribution >= 0.6 is 19.7 Å². The molecular weight excluding hydrogens is 461 g/mol. The van der Waals surface area contributed by atoms with Crippen LogP contribution in [0.15, 0.2) is 24.3 Å². The Labute approximate surface area is 190 Å². The van der Waals surface area contributed by atoms with Crippen LogP contribution in [0.25, 0.3) is 10.1 Å². The molecule has 176 valence electrons. The van der Waals surface area contributed by atoms with E-state index in [0.717, 1.165) is 15.6 Å². The van der Waals surface area contributed by atoms with E-state index >= 15 is 0 Å². The van der Waals surface area contributed by atoms with Crippen molar-refractivity contribution in [3.63, 3.8) is 0 Å². The lowest BCUT2D eigenvalue weighted by molar-refractivity contribution is -0.0237. The van der Waals surface area contributed by atoms with E-state index in [-0.39, 0.29) is 12.2 Å². The second-order valence-corrected chi connectivity index (χ2v) is 9.54. The number of primary amides is 1. The van der Waals surface area contributed by atoms with Gasteiger partial charge in [-0.1, -0.05) is 6.07 Å². The van der Waals surface area contributed by atoms with Gasteiger partial charge in [-0.05, 0) is 56.8 Å². The standard InChI is InChI=1S/C20H26NO9PS/c1-12(2)29-19(23)25-10-27-31(28-11-26-20(24)30-13(3)4)9-14-5-6-16-15(7-14)8-17(32-16)18(21)22/h5-8,12-13H,9-11H2,1-4H3,(H2,21,22). The van der Waals surface area contributed by atoms with Crippen LogP contribution in [0, 0.1) is 0 Å². The van der Waals surface area contributed by atoms with E-state index < -0.39 is 40.2 Å². The number of carbonyl (C=O) groups excluding carboxylic acids is 3. The summed E-state index contributed by atoms with van der Waals surface area (Å²) in [6.07, 6.45) is -2.10. The Morgan fingerprint density at radius 3 is 2.00 bits per heavy atom. The molecule has 0 saturated heterocycles. The fourth-order valence-corrected chi connectivity index (χ4v) is 4.30. The molecule has 1 aromatic heterocycles. The van der Waals surface area contributed by atoms with Crippen molar-refractivity contribution in [1.82, 2.24) is 0 Å². The minimum atomic E-state index is -1.65. The smallest absolute Gasteiger partial charge is 0.432 e. The highest BCUT2D eigenvalue weighted by Crippen LogP contribution is 2.43. The zero-order valence-corrected chi connectivity index (χ0v) is 19.9. The van der Waals surface area contributed by atoms with E-state index in [1.807, 2.05) is 18.2 Å². The van der Waals surface area contributed by atoms with Gasteiger partial charge in [-0.2, -0.15) is 0 Å². The summed E-state index contributed by atoms with van der Waals surface area (Å²) in [7, 11) is -1.65. The summed E-state index contributed by atoms with van der Waals surface area (Å²) in [6, 6.07) is 7.31. The quantitative estimate of drug-likeness (QED) is 0.267. The van der Waals surface area contributed by atoms with Crippen molar-refractivity contribution in [1.29, 1.82) is 0 Å². The second-order valence-electron chi connectivity index (χ2n) is 6.95. The van der Waals surface area contributed by atoms with E-state index in [1.165, 1.54) is 11.3 Å². The summed E-state index contributed by atoms with van der Waals surface area (Å²) in [5, 5.41) is 0.852. The minimum absolute atomic E-state index is 0.304. The third kappa shape index (κ3) is 8.96. The summed E-state index contributed by atoms with van der Waals surface area (Å²) in [6.45, 7) is 5.96. The predicted molar refractivity (Wildman–Crippen MR) is 118 cm³/mol. The average molecular weight is 487 g/mol. The van der Waals surface area contributed by atoms with Gasteiger partial charge in [0.25, 0.3) is 5.91 Å². The molecule has 1 aromatic carbocycles. The first-order valence-corrected chi connectivity index (χ1v) is 11.8. The Kier molecular flexibility index (Phi) is 10.1. The van der Waals surface area contributed by atoms with E-state index in [1.54, 1.807) is 33.8 Å². The van der Waals surface area contributed by atoms with E-state index in [9.17, 15) is 14.4 Å². The lowest BCUT2D eigenvalue weighted by Gasteiger charge is -2.18. The largest absolute Gasteiger partial charge is 0.510 e. The number of carbonyl (C=O) groups is 3. The third-order valence-corrected chi connectivity index (χ3v) is 6.09. The van der Waals surface area contributed by atoms with Gasteiger partial charge in [0, 0.05) is 10.9 Å². The molecule has 0 aliphatic heterocycles. The molecule has 0 aliphatic carbocycles. The Hall–Kier alpha value is -2.46. The van der Waals surface area contributed by atoms with E-state index in [2.05, 4.69) is 0 Å². The summed E-state index contributed by atoms with van der Waals surface area (Å²) in [5.74, 6) is -0.488. The van der Waals surface area contributed by atoms with Crippen molar-refractivity contribution >= 4 is 48.0 Å². The Morgan fingerprint density at radius 2 is 1.50 bits per heavy atom. The molecule has 1 heterocycles. The molecule has 0 unspecified atom stereocenters. The number of hydrogen-bond donors (Lipinski definition) is 1. The Morgan fingerprint density at radius 1 is 0.938 bits per heavy atom. The number of rotatable bonds is 11. The number of hydrogen-bond acceptors (Lipinski definition) is 10. The lowest BCUT2D eigenvalue weighted by Crippen LogP contribution is -2.15. The highest BCUT2D eigenvalue weighted by Gasteiger charge is 2.17. The number of amides is 1. The minimum Gasteiger partial charge on any atom is -0.432 e. The fraction of sp³-hybridized carbons (Fsp3) is 0.450. The topological polar surface area (TPSA) is 133 Å². The molecule has 12 heteroatoms. The van der Waals surface area contributed by atoms with Crippen LogP contribution in [-0.4, -0.2) is 44.0 Å². The molecular formula is C20H26NO9PS. The van der Waals surface area contributed by atoms with Gasteiger partial charge >= 0.3 is 12.3 Å². The van der Waals surface area contributed by atoms with Crippen LogP contribution < -0.4 is 5.73 Å². The number of benzene rings is 1. The molecule has 2 rings (SSSR count). The molecule has 0 aliphatic rings. The molecule has 0 spiro atoms. The lowest BCUT2D eigenvalue weighted by atomic mass is 10.2. The molecule has 2 aromatic rings. The summed E-state index contributed by atoms with van der Waals surface area (Å²) in [4.78, 5) is 34.9. The van der Waals surface area contributed by atoms with E-state index in [0.29, 0.717) is 11.0 Å². The first-order valence-electron chi connectivity index (χ1n) is 9.66. The van der Waals surface area contributed by atoms with Crippen LogP contribution in [-0.2, 0) is 34.2 Å². The Bertz CT molecular complexity index is 903. The molecule has 10 nitrogen and oxygen atoms in total. The van der Waals surface area contributed by atoms with Crippen LogP contribution in [0.1, 0.15) is 42.9 Å². The number of thiophene rings is 1. The molecule has 0 radical (unpaired) electrons. The van der Waals surface area contributed by atoms with Crippen molar-refractivity contribution in [2.75, 3.05) is 13.6 Å². The summed E-state index contributed by atoms with van der Waals surface area (Å²) < 4.78 is 31.5. The third-order valence-electron chi connectivity index (χ3n) is 3.55. The highest BCUT2D eigenvalue weighted by atomic mass is 32.1. The average Bonchev–Trinajstić information content (AvgIpc) is 3.10. The van der Waals surface area contributed by atoms with Crippen LogP contribution in [0.2, 0.25) is 0 Å². The van der Waals surface area contributed by atoms with Gasteiger partial charge in [-0.25, -0.2) is 9.59 Å². The molecule has 0 fully saturated rings. The number of fused-ring (bicyclic) bond motifs is 1. The van der Waals surface area contributed by atoms with Crippen molar-refractivity contribution in [2.45, 2.75) is 46.1 Å². The highest BCUT2D eigenvalue weighted by molar-refractivity contribution is 7.46. The van der Waals surface area contributed by atoms with Gasteiger partial charge in [0.1, 0.15) is 0 Å². The molecule has 1 amide bonds. The van der Waals surface area contributed by atoms with Crippen molar-refractivity contribution in [3.05, 3.63) is 34.7 Å². The van der Waals surface area contributed by atoms with Gasteiger partial charge in [0.2, 0.25) is 13.6 Å². The normalized spacial score (nSPS) is 11.2. The predicted octanol–water partition coefficient (Wildman–Crippen LogP) is 4.88. The van der Waals surface area contributed by atoms with Crippen LogP contribution in [0.5, 0.6) is 0 Å². The maximum absolute atomic E-state index is 11.5. The van der Waals surface area contributed by atoms with Gasteiger partial charge in [-0.3, -0.25) is 13.8 Å². The zero-order chi connectivity index (χ0) is 23.7. The monoisotopic (exact) mass is 487 g/mol. The zero-order valence-electron chi connectivity index (χ0n) is 18.2. The van der Waals surface area contributed by atoms with Crippen molar-refractivity contribution < 1.29 is 42.4 Å². The molecule has 0 atom stereocenters. The van der Waals surface area contributed by atoms with Gasteiger partial charge in [0.05, 0.1) is 17.1 Å². The van der Waals surface area contributed by atoms with Gasteiger partial charge < -0.3 is 24.7 Å². The summed E-state index contributed by atoms with van der Waals surface area (Å²) in [5.41, 5.74) is 6.19. The first kappa shape index (κ1) is 25.8. The molecule has 32 heavy (non-hydrogen) atoms. The first-order chi connectivity index (χ1) is 15.1. The maximum atomic E-state index is 11.5. The maximum Gasteiger partial charge on any atom is 0.510 e. The van der Waals surface area contributed by atoms with Crippen LogP contribution in [0.3, 0.4) is 0 Å². The SMILES string of the molecule is CC(C)OC(=O)OCOP(Cc1ccc2sc(C(N)=O)cc2c1)OCOC(=O)OC(C)C. The fourth-order valence-electron chi connectivity index (χ4n) is 2.31. The molecule has 0 saturated carbocycles. The molecule has 0 bridgehead atoms. The second kappa shape index (κ2) is 12.5. The van der Waals surface area contributed by atoms with E-state index in [4.69, 9.17) is 33.7 Å². The Balaban J connectivity index is 2.00. The summed E-state index contributed by atoms with van der Waals surface area (Å²) >= 11 is 1.30.